The highest BCUT2D eigenvalue weighted by molar-refractivity contribution is 9.10. The first-order valence-electron chi connectivity index (χ1n) is 12.9. The van der Waals surface area contributed by atoms with E-state index in [4.69, 9.17) is 0 Å². The lowest BCUT2D eigenvalue weighted by Gasteiger charge is -2.55. The van der Waals surface area contributed by atoms with E-state index in [0.29, 0.717) is 11.8 Å². The Kier molecular flexibility index (Phi) is 5.41. The smallest absolute Gasteiger partial charge is 0.306 e. The van der Waals surface area contributed by atoms with Gasteiger partial charge in [-0.05, 0) is 98.9 Å². The first-order chi connectivity index (χ1) is 15.9. The predicted molar refractivity (Wildman–Crippen MR) is 130 cm³/mol. The van der Waals surface area contributed by atoms with Gasteiger partial charge in [-0.15, -0.1) is 0 Å². The first-order valence-corrected chi connectivity index (χ1v) is 13.7. The van der Waals surface area contributed by atoms with E-state index in [1.165, 1.54) is 37.7 Å². The molecule has 3 unspecified atom stereocenters. The van der Waals surface area contributed by atoms with Crippen molar-refractivity contribution in [2.75, 3.05) is 13.1 Å². The molecule has 4 bridgehead atoms. The molecule has 4 saturated carbocycles. The number of carbonyl (C=O) groups is 2. The summed E-state index contributed by atoms with van der Waals surface area (Å²) in [6.07, 6.45) is 8.18. The van der Waals surface area contributed by atoms with E-state index in [0.717, 1.165) is 47.8 Å². The minimum atomic E-state index is -0.815. The van der Waals surface area contributed by atoms with E-state index in [1.807, 2.05) is 6.07 Å². The second kappa shape index (κ2) is 8.08. The number of aliphatic carboxylic acids is 1. The Labute approximate surface area is 204 Å². The second-order valence-corrected chi connectivity index (χ2v) is 12.6. The molecular formula is C27H35BrN2O3. The summed E-state index contributed by atoms with van der Waals surface area (Å²) in [6, 6.07) is 6.40. The Hall–Kier alpha value is -1.40. The quantitative estimate of drug-likeness (QED) is 0.554. The van der Waals surface area contributed by atoms with Crippen LogP contribution in [0.25, 0.3) is 0 Å². The molecule has 1 aliphatic heterocycles. The molecule has 5 nitrogen and oxygen atoms in total. The average Bonchev–Trinajstić information content (AvgIpc) is 3.06. The number of nitrogens with one attached hydrogen (secondary N) is 2. The summed E-state index contributed by atoms with van der Waals surface area (Å²) in [6.45, 7) is 3.51. The SMILES string of the molecule is CC(C(=O)O)C1c2cccc(Br)c2C2(CCNCC2)C1C(=O)NC1C2CC3CC(C2)CC1C3. The molecule has 6 heteroatoms. The standard InChI is InChI=1S/C27H35BrN2O3/c1-14(26(32)33)21-19-3-2-4-20(28)22(19)27(5-7-29-8-6-27)23(21)25(31)30-24-17-10-15-9-16(12-17)13-18(24)11-15/h2-4,14-18,21,23-24,29H,5-13H2,1H3,(H,30,31)(H,32,33). The summed E-state index contributed by atoms with van der Waals surface area (Å²) >= 11 is 3.80. The van der Waals surface area contributed by atoms with Gasteiger partial charge in [-0.1, -0.05) is 35.0 Å². The van der Waals surface area contributed by atoms with E-state index in [9.17, 15) is 14.7 Å². The Morgan fingerprint density at radius 3 is 2.33 bits per heavy atom. The molecule has 7 rings (SSSR count). The lowest BCUT2D eigenvalue weighted by Crippen LogP contribution is -2.59. The molecule has 1 aromatic rings. The van der Waals surface area contributed by atoms with Crippen LogP contribution in [0, 0.1) is 35.5 Å². The highest BCUT2D eigenvalue weighted by Gasteiger charge is 2.59. The van der Waals surface area contributed by atoms with Gasteiger partial charge in [0, 0.05) is 21.8 Å². The van der Waals surface area contributed by atoms with Crippen molar-refractivity contribution in [1.82, 2.24) is 10.6 Å². The van der Waals surface area contributed by atoms with Crippen LogP contribution in [-0.2, 0) is 15.0 Å². The highest BCUT2D eigenvalue weighted by atomic mass is 79.9. The van der Waals surface area contributed by atoms with Gasteiger partial charge in [0.25, 0.3) is 0 Å². The zero-order valence-corrected chi connectivity index (χ0v) is 20.9. The van der Waals surface area contributed by atoms with Crippen LogP contribution >= 0.6 is 15.9 Å². The lowest BCUT2D eigenvalue weighted by atomic mass is 9.54. The van der Waals surface area contributed by atoms with E-state index < -0.39 is 11.9 Å². The molecule has 0 aromatic heterocycles. The highest BCUT2D eigenvalue weighted by Crippen LogP contribution is 2.60. The summed E-state index contributed by atoms with van der Waals surface area (Å²) in [4.78, 5) is 26.5. The molecule has 3 atom stereocenters. The van der Waals surface area contributed by atoms with E-state index in [2.05, 4.69) is 38.7 Å². The average molecular weight is 515 g/mol. The number of amides is 1. The van der Waals surface area contributed by atoms with Crippen molar-refractivity contribution in [2.24, 2.45) is 35.5 Å². The number of benzene rings is 1. The molecule has 6 aliphatic rings. The number of hydrogen-bond acceptors (Lipinski definition) is 3. The number of rotatable bonds is 4. The Morgan fingerprint density at radius 2 is 1.73 bits per heavy atom. The number of fused-ring (bicyclic) bond motifs is 2. The molecule has 5 aliphatic carbocycles. The number of carboxylic acids is 1. The van der Waals surface area contributed by atoms with Gasteiger partial charge < -0.3 is 15.7 Å². The van der Waals surface area contributed by atoms with Crippen LogP contribution in [0.2, 0.25) is 0 Å². The Balaban J connectivity index is 1.39. The van der Waals surface area contributed by atoms with Gasteiger partial charge in [-0.25, -0.2) is 0 Å². The second-order valence-electron chi connectivity index (χ2n) is 11.7. The van der Waals surface area contributed by atoms with Gasteiger partial charge in [0.1, 0.15) is 0 Å². The predicted octanol–water partition coefficient (Wildman–Crippen LogP) is 4.45. The van der Waals surface area contributed by atoms with Crippen molar-refractivity contribution in [3.05, 3.63) is 33.8 Å². The molecule has 1 spiro atoms. The van der Waals surface area contributed by atoms with Gasteiger partial charge in [0.2, 0.25) is 5.91 Å². The largest absolute Gasteiger partial charge is 0.481 e. The maximum Gasteiger partial charge on any atom is 0.306 e. The third-order valence-electron chi connectivity index (χ3n) is 10.1. The van der Waals surface area contributed by atoms with Crippen LogP contribution in [0.3, 0.4) is 0 Å². The fraction of sp³-hybridized carbons (Fsp3) is 0.704. The third-order valence-corrected chi connectivity index (χ3v) is 10.8. The molecule has 178 valence electrons. The number of hydrogen-bond donors (Lipinski definition) is 3. The normalized spacial score (nSPS) is 38.8. The zero-order valence-electron chi connectivity index (χ0n) is 19.4. The summed E-state index contributed by atoms with van der Waals surface area (Å²) < 4.78 is 1.02. The number of carboxylic acid groups (broad SMARTS) is 1. The van der Waals surface area contributed by atoms with Gasteiger partial charge >= 0.3 is 5.97 Å². The summed E-state index contributed by atoms with van der Waals surface area (Å²) in [7, 11) is 0. The summed E-state index contributed by atoms with van der Waals surface area (Å²) in [5.41, 5.74) is 1.94. The van der Waals surface area contributed by atoms with Crippen molar-refractivity contribution in [3.8, 4) is 0 Å². The van der Waals surface area contributed by atoms with Crippen LogP contribution in [0.4, 0.5) is 0 Å². The zero-order chi connectivity index (χ0) is 22.9. The van der Waals surface area contributed by atoms with Crippen LogP contribution in [0.1, 0.15) is 68.9 Å². The Morgan fingerprint density at radius 1 is 1.09 bits per heavy atom. The Bertz CT molecular complexity index is 944. The van der Waals surface area contributed by atoms with E-state index in [1.54, 1.807) is 6.92 Å². The molecular weight excluding hydrogens is 480 g/mol. The number of halogens is 1. The monoisotopic (exact) mass is 514 g/mol. The molecule has 1 saturated heterocycles. The van der Waals surface area contributed by atoms with Crippen molar-refractivity contribution >= 4 is 27.8 Å². The molecule has 3 N–H and O–H groups in total. The molecule has 33 heavy (non-hydrogen) atoms. The molecule has 1 heterocycles. The molecule has 1 aromatic carbocycles. The van der Waals surface area contributed by atoms with Crippen LogP contribution < -0.4 is 10.6 Å². The van der Waals surface area contributed by atoms with Crippen molar-refractivity contribution in [3.63, 3.8) is 0 Å². The fourth-order valence-electron chi connectivity index (χ4n) is 9.00. The summed E-state index contributed by atoms with van der Waals surface area (Å²) in [5.74, 6) is 0.994. The first kappa shape index (κ1) is 22.1. The van der Waals surface area contributed by atoms with Gasteiger partial charge in [0.15, 0.2) is 0 Å². The number of piperidine rings is 1. The lowest BCUT2D eigenvalue weighted by molar-refractivity contribution is -0.143. The minimum Gasteiger partial charge on any atom is -0.481 e. The van der Waals surface area contributed by atoms with E-state index in [-0.39, 0.29) is 29.2 Å². The molecule has 5 fully saturated rings. The maximum atomic E-state index is 14.3. The van der Waals surface area contributed by atoms with Gasteiger partial charge in [-0.3, -0.25) is 9.59 Å². The van der Waals surface area contributed by atoms with Crippen molar-refractivity contribution < 1.29 is 14.7 Å². The van der Waals surface area contributed by atoms with Gasteiger partial charge in [0.05, 0.1) is 11.8 Å². The van der Waals surface area contributed by atoms with Gasteiger partial charge in [-0.2, -0.15) is 0 Å². The van der Waals surface area contributed by atoms with Crippen molar-refractivity contribution in [2.45, 2.75) is 69.2 Å². The fourth-order valence-corrected chi connectivity index (χ4v) is 9.77. The van der Waals surface area contributed by atoms with Crippen LogP contribution in [0.15, 0.2) is 22.7 Å². The third kappa shape index (κ3) is 3.34. The summed E-state index contributed by atoms with van der Waals surface area (Å²) in [5, 5.41) is 17.1. The van der Waals surface area contributed by atoms with Crippen LogP contribution in [-0.4, -0.2) is 36.1 Å². The minimum absolute atomic E-state index is 0.107. The van der Waals surface area contributed by atoms with Crippen LogP contribution in [0.5, 0.6) is 0 Å². The topological polar surface area (TPSA) is 78.4 Å². The molecule has 0 radical (unpaired) electrons. The molecule has 1 amide bonds. The van der Waals surface area contributed by atoms with Crippen molar-refractivity contribution in [1.29, 1.82) is 0 Å². The number of carbonyl (C=O) groups excluding carboxylic acids is 1. The van der Waals surface area contributed by atoms with E-state index >= 15 is 0 Å². The maximum absolute atomic E-state index is 14.3.